The average molecular weight is 403 g/mol. The minimum atomic E-state index is -0.622. The number of imidazole rings is 1. The van der Waals surface area contributed by atoms with Gasteiger partial charge in [0, 0.05) is 12.1 Å². The molecule has 3 aromatic carbocycles. The molecule has 0 bridgehead atoms. The lowest BCUT2D eigenvalue weighted by Gasteiger charge is -2.09. The van der Waals surface area contributed by atoms with E-state index in [1.165, 1.54) is 12.1 Å². The van der Waals surface area contributed by atoms with Crippen LogP contribution >= 0.6 is 0 Å². The van der Waals surface area contributed by atoms with E-state index in [0.717, 1.165) is 16.6 Å². The van der Waals surface area contributed by atoms with Gasteiger partial charge in [-0.2, -0.15) is 0 Å². The van der Waals surface area contributed by atoms with Crippen LogP contribution in [0.4, 0.5) is 4.39 Å². The summed E-state index contributed by atoms with van der Waals surface area (Å²) in [5.74, 6) is -0.872. The van der Waals surface area contributed by atoms with Crippen LogP contribution in [-0.2, 0) is 16.1 Å². The highest BCUT2D eigenvalue weighted by molar-refractivity contribution is 5.98. The van der Waals surface area contributed by atoms with Crippen LogP contribution in [0.5, 0.6) is 0 Å². The molecule has 0 spiro atoms. The third kappa shape index (κ3) is 4.35. The number of carbonyl (C=O) groups excluding carboxylic acids is 2. The van der Waals surface area contributed by atoms with E-state index in [1.54, 1.807) is 36.4 Å². The predicted molar refractivity (Wildman–Crippen MR) is 110 cm³/mol. The minimum Gasteiger partial charge on any atom is -0.452 e. The van der Waals surface area contributed by atoms with Crippen molar-refractivity contribution >= 4 is 22.9 Å². The third-order valence-corrected chi connectivity index (χ3v) is 4.53. The van der Waals surface area contributed by atoms with E-state index >= 15 is 0 Å². The Balaban J connectivity index is 1.41. The molecule has 6 nitrogen and oxygen atoms in total. The molecular formula is C23H18FN3O3. The number of aromatic amines is 1. The number of carbonyl (C=O) groups is 2. The summed E-state index contributed by atoms with van der Waals surface area (Å²) in [5.41, 5.74) is 3.28. The molecule has 0 unspecified atom stereocenters. The number of fused-ring (bicyclic) bond motifs is 1. The maximum atomic E-state index is 12.9. The van der Waals surface area contributed by atoms with Gasteiger partial charge in [-0.25, -0.2) is 14.2 Å². The lowest BCUT2D eigenvalue weighted by Crippen LogP contribution is -2.28. The van der Waals surface area contributed by atoms with Crippen molar-refractivity contribution in [2.24, 2.45) is 0 Å². The Morgan fingerprint density at radius 1 is 0.967 bits per heavy atom. The van der Waals surface area contributed by atoms with E-state index in [0.29, 0.717) is 17.0 Å². The fourth-order valence-electron chi connectivity index (χ4n) is 3.01. The molecule has 30 heavy (non-hydrogen) atoms. The summed E-state index contributed by atoms with van der Waals surface area (Å²) >= 11 is 0. The molecular weight excluding hydrogens is 385 g/mol. The van der Waals surface area contributed by atoms with Crippen LogP contribution < -0.4 is 5.32 Å². The molecule has 1 amide bonds. The fourth-order valence-corrected chi connectivity index (χ4v) is 3.01. The maximum Gasteiger partial charge on any atom is 0.339 e. The van der Waals surface area contributed by atoms with Gasteiger partial charge in [-0.3, -0.25) is 4.79 Å². The second kappa shape index (κ2) is 8.57. The number of rotatable bonds is 6. The second-order valence-electron chi connectivity index (χ2n) is 6.63. The van der Waals surface area contributed by atoms with Gasteiger partial charge in [0.2, 0.25) is 0 Å². The quantitative estimate of drug-likeness (QED) is 0.479. The minimum absolute atomic E-state index is 0.215. The van der Waals surface area contributed by atoms with Crippen molar-refractivity contribution in [2.75, 3.05) is 6.61 Å². The fraction of sp³-hybridized carbons (Fsp3) is 0.0870. The molecule has 0 radical (unpaired) electrons. The number of halogens is 1. The molecule has 1 aromatic heterocycles. The zero-order chi connectivity index (χ0) is 20.9. The highest BCUT2D eigenvalue weighted by Crippen LogP contribution is 2.24. The first kappa shape index (κ1) is 19.3. The Morgan fingerprint density at radius 3 is 2.50 bits per heavy atom. The van der Waals surface area contributed by atoms with Gasteiger partial charge in [-0.05, 0) is 35.9 Å². The number of ether oxygens (including phenoxy) is 1. The standard InChI is InChI=1S/C23H18FN3O3/c24-16-11-9-15(10-12-16)13-25-21(28)14-30-23(29)18-6-2-1-5-17(18)22-26-19-7-3-4-8-20(19)27-22/h1-12H,13-14H2,(H,25,28)(H,26,27). The number of H-pyrrole nitrogens is 1. The normalized spacial score (nSPS) is 10.7. The summed E-state index contributed by atoms with van der Waals surface area (Å²) in [6.45, 7) is -0.208. The van der Waals surface area contributed by atoms with Crippen molar-refractivity contribution < 1.29 is 18.7 Å². The average Bonchev–Trinajstić information content (AvgIpc) is 3.21. The van der Waals surface area contributed by atoms with Crippen molar-refractivity contribution in [1.82, 2.24) is 15.3 Å². The topological polar surface area (TPSA) is 84.1 Å². The van der Waals surface area contributed by atoms with Crippen LogP contribution in [0.2, 0.25) is 0 Å². The van der Waals surface area contributed by atoms with E-state index < -0.39 is 18.5 Å². The number of nitrogens with zero attached hydrogens (tertiary/aromatic N) is 1. The van der Waals surface area contributed by atoms with E-state index in [1.807, 2.05) is 24.3 Å². The van der Waals surface area contributed by atoms with Gasteiger partial charge < -0.3 is 15.0 Å². The SMILES string of the molecule is O=C(COC(=O)c1ccccc1-c1nc2ccccc2[nH]1)NCc1ccc(F)cc1. The number of hydrogen-bond acceptors (Lipinski definition) is 4. The van der Waals surface area contributed by atoms with E-state index in [4.69, 9.17) is 4.74 Å². The van der Waals surface area contributed by atoms with Gasteiger partial charge in [0.25, 0.3) is 5.91 Å². The largest absolute Gasteiger partial charge is 0.452 e. The number of para-hydroxylation sites is 2. The Labute approximate surface area is 171 Å². The smallest absolute Gasteiger partial charge is 0.339 e. The lowest BCUT2D eigenvalue weighted by molar-refractivity contribution is -0.124. The van der Waals surface area contributed by atoms with E-state index in [9.17, 15) is 14.0 Å². The molecule has 0 aliphatic rings. The van der Waals surface area contributed by atoms with Gasteiger partial charge in [-0.15, -0.1) is 0 Å². The molecule has 2 N–H and O–H groups in total. The first-order valence-electron chi connectivity index (χ1n) is 9.32. The highest BCUT2D eigenvalue weighted by atomic mass is 19.1. The molecule has 150 valence electrons. The van der Waals surface area contributed by atoms with Gasteiger partial charge in [0.15, 0.2) is 6.61 Å². The first-order chi connectivity index (χ1) is 14.6. The summed E-state index contributed by atoms with van der Waals surface area (Å²) in [6.07, 6.45) is 0. The van der Waals surface area contributed by atoms with Crippen molar-refractivity contribution in [2.45, 2.75) is 6.54 Å². The Morgan fingerprint density at radius 2 is 1.70 bits per heavy atom. The van der Waals surface area contributed by atoms with Gasteiger partial charge in [0.05, 0.1) is 16.6 Å². The van der Waals surface area contributed by atoms with Crippen molar-refractivity contribution in [3.8, 4) is 11.4 Å². The van der Waals surface area contributed by atoms with Crippen molar-refractivity contribution in [1.29, 1.82) is 0 Å². The van der Waals surface area contributed by atoms with Crippen LogP contribution in [0.25, 0.3) is 22.4 Å². The lowest BCUT2D eigenvalue weighted by atomic mass is 10.1. The Hall–Kier alpha value is -4.00. The van der Waals surface area contributed by atoms with Crippen LogP contribution in [0.1, 0.15) is 15.9 Å². The molecule has 0 saturated heterocycles. The number of nitrogens with one attached hydrogen (secondary N) is 2. The van der Waals surface area contributed by atoms with Crippen molar-refractivity contribution in [3.05, 3.63) is 89.7 Å². The van der Waals surface area contributed by atoms with Crippen LogP contribution in [0, 0.1) is 5.82 Å². The monoisotopic (exact) mass is 403 g/mol. The number of benzene rings is 3. The van der Waals surface area contributed by atoms with Crippen LogP contribution in [-0.4, -0.2) is 28.5 Å². The number of amides is 1. The molecule has 0 aliphatic carbocycles. The van der Waals surface area contributed by atoms with E-state index in [-0.39, 0.29) is 12.4 Å². The molecule has 4 rings (SSSR count). The number of aromatic nitrogens is 2. The maximum absolute atomic E-state index is 12.9. The summed E-state index contributed by atoms with van der Waals surface area (Å²) in [5, 5.41) is 2.63. The molecule has 1 heterocycles. The van der Waals surface area contributed by atoms with Gasteiger partial charge in [0.1, 0.15) is 11.6 Å². The summed E-state index contributed by atoms with van der Waals surface area (Å²) in [4.78, 5) is 32.3. The predicted octanol–water partition coefficient (Wildman–Crippen LogP) is 3.84. The second-order valence-corrected chi connectivity index (χ2v) is 6.63. The number of esters is 1. The number of hydrogen-bond donors (Lipinski definition) is 2. The highest BCUT2D eigenvalue weighted by Gasteiger charge is 2.17. The summed E-state index contributed by atoms with van der Waals surface area (Å²) in [7, 11) is 0. The summed E-state index contributed by atoms with van der Waals surface area (Å²) in [6, 6.07) is 20.3. The summed E-state index contributed by atoms with van der Waals surface area (Å²) < 4.78 is 18.1. The van der Waals surface area contributed by atoms with Gasteiger partial charge in [-0.1, -0.05) is 42.5 Å². The third-order valence-electron chi connectivity index (χ3n) is 4.53. The molecule has 0 atom stereocenters. The van der Waals surface area contributed by atoms with E-state index in [2.05, 4.69) is 15.3 Å². The zero-order valence-electron chi connectivity index (χ0n) is 15.9. The molecule has 7 heteroatoms. The van der Waals surface area contributed by atoms with Crippen LogP contribution in [0.15, 0.2) is 72.8 Å². The zero-order valence-corrected chi connectivity index (χ0v) is 15.9. The molecule has 0 aliphatic heterocycles. The first-order valence-corrected chi connectivity index (χ1v) is 9.32. The van der Waals surface area contributed by atoms with Gasteiger partial charge >= 0.3 is 5.97 Å². The molecule has 4 aromatic rings. The molecule has 0 fully saturated rings. The van der Waals surface area contributed by atoms with Crippen molar-refractivity contribution in [3.63, 3.8) is 0 Å². The van der Waals surface area contributed by atoms with Crippen LogP contribution in [0.3, 0.4) is 0 Å². The molecule has 0 saturated carbocycles. The Bertz CT molecular complexity index is 1170. The Kier molecular flexibility index (Phi) is 5.52.